The number of nitrogens with two attached hydrogens (primary N) is 1. The van der Waals surface area contributed by atoms with Gasteiger partial charge >= 0.3 is 0 Å². The summed E-state index contributed by atoms with van der Waals surface area (Å²) >= 11 is 6.14. The van der Waals surface area contributed by atoms with Gasteiger partial charge in [0, 0.05) is 24.8 Å². The maximum absolute atomic E-state index is 12.6. The normalized spacial score (nSPS) is 20.9. The molecule has 2 aliphatic rings. The van der Waals surface area contributed by atoms with Crippen molar-refractivity contribution in [2.75, 3.05) is 31.9 Å². The molecule has 2 fully saturated rings. The summed E-state index contributed by atoms with van der Waals surface area (Å²) in [5.74, 6) is -0.0297. The number of carbonyl (C=O) groups is 1. The summed E-state index contributed by atoms with van der Waals surface area (Å²) in [4.78, 5) is 17.1. The zero-order valence-electron chi connectivity index (χ0n) is 12.2. The lowest BCUT2D eigenvalue weighted by Gasteiger charge is -2.36. The first-order valence-corrected chi connectivity index (χ1v) is 8.12. The van der Waals surface area contributed by atoms with Gasteiger partial charge < -0.3 is 15.5 Å². The highest BCUT2D eigenvalue weighted by atomic mass is 35.5. The second kappa shape index (κ2) is 6.24. The summed E-state index contributed by atoms with van der Waals surface area (Å²) in [6.45, 7) is 4.03. The molecule has 0 unspecified atom stereocenters. The van der Waals surface area contributed by atoms with Crippen LogP contribution in [0.4, 0.5) is 5.69 Å². The van der Waals surface area contributed by atoms with Crippen LogP contribution in [0.5, 0.6) is 0 Å². The van der Waals surface area contributed by atoms with Crippen LogP contribution in [0.15, 0.2) is 18.2 Å². The fourth-order valence-corrected chi connectivity index (χ4v) is 3.73. The molecule has 0 aliphatic carbocycles. The van der Waals surface area contributed by atoms with Gasteiger partial charge in [0.2, 0.25) is 0 Å². The summed E-state index contributed by atoms with van der Waals surface area (Å²) in [5, 5.41) is 0.446. The van der Waals surface area contributed by atoms with Gasteiger partial charge in [-0.1, -0.05) is 17.7 Å². The van der Waals surface area contributed by atoms with E-state index in [0.29, 0.717) is 22.3 Å². The Bertz CT molecular complexity index is 500. The summed E-state index contributed by atoms with van der Waals surface area (Å²) < 4.78 is 0. The van der Waals surface area contributed by atoms with Crippen molar-refractivity contribution in [3.63, 3.8) is 0 Å². The largest absolute Gasteiger partial charge is 0.398 e. The number of nitrogens with zero attached hydrogens (tertiary/aromatic N) is 2. The van der Waals surface area contributed by atoms with Gasteiger partial charge in [0.15, 0.2) is 0 Å². The van der Waals surface area contributed by atoms with Crippen molar-refractivity contribution in [1.29, 1.82) is 0 Å². The quantitative estimate of drug-likeness (QED) is 0.855. The van der Waals surface area contributed by atoms with Crippen molar-refractivity contribution in [2.24, 2.45) is 0 Å². The SMILES string of the molecule is Nc1cccc(Cl)c1C(=O)N1CCC(N2CCCC2)CC1. The maximum Gasteiger partial charge on any atom is 0.257 e. The van der Waals surface area contributed by atoms with Crippen molar-refractivity contribution in [3.8, 4) is 0 Å². The summed E-state index contributed by atoms with van der Waals surface area (Å²) in [7, 11) is 0. The number of hydrogen-bond acceptors (Lipinski definition) is 3. The lowest BCUT2D eigenvalue weighted by atomic mass is 10.0. The van der Waals surface area contributed by atoms with E-state index in [-0.39, 0.29) is 5.91 Å². The number of piperidine rings is 1. The van der Waals surface area contributed by atoms with Crippen LogP contribution in [0, 0.1) is 0 Å². The van der Waals surface area contributed by atoms with Gasteiger partial charge in [-0.25, -0.2) is 0 Å². The zero-order chi connectivity index (χ0) is 14.8. The Morgan fingerprint density at radius 3 is 2.43 bits per heavy atom. The Labute approximate surface area is 130 Å². The Kier molecular flexibility index (Phi) is 4.36. The van der Waals surface area contributed by atoms with Crippen molar-refractivity contribution in [3.05, 3.63) is 28.8 Å². The number of hydrogen-bond donors (Lipinski definition) is 1. The molecule has 114 valence electrons. The monoisotopic (exact) mass is 307 g/mol. The lowest BCUT2D eigenvalue weighted by Crippen LogP contribution is -2.46. The van der Waals surface area contributed by atoms with E-state index in [2.05, 4.69) is 4.90 Å². The van der Waals surface area contributed by atoms with Crippen LogP contribution in [-0.4, -0.2) is 47.9 Å². The molecule has 2 saturated heterocycles. The van der Waals surface area contributed by atoms with E-state index in [1.54, 1.807) is 18.2 Å². The minimum atomic E-state index is -0.0297. The number of carbonyl (C=O) groups excluding carboxylic acids is 1. The predicted molar refractivity (Wildman–Crippen MR) is 85.6 cm³/mol. The first-order chi connectivity index (χ1) is 10.2. The molecule has 0 spiro atoms. The molecule has 0 atom stereocenters. The smallest absolute Gasteiger partial charge is 0.257 e. The van der Waals surface area contributed by atoms with E-state index >= 15 is 0 Å². The van der Waals surface area contributed by atoms with E-state index in [0.717, 1.165) is 25.9 Å². The molecule has 2 heterocycles. The molecule has 5 heteroatoms. The summed E-state index contributed by atoms with van der Waals surface area (Å²) in [6, 6.07) is 5.87. The lowest BCUT2D eigenvalue weighted by molar-refractivity contribution is 0.0645. The van der Waals surface area contributed by atoms with Gasteiger partial charge in [-0.2, -0.15) is 0 Å². The third-order valence-corrected chi connectivity index (χ3v) is 4.98. The Morgan fingerprint density at radius 2 is 1.81 bits per heavy atom. The van der Waals surface area contributed by atoms with Crippen molar-refractivity contribution < 1.29 is 4.79 Å². The summed E-state index contributed by atoms with van der Waals surface area (Å²) in [6.07, 6.45) is 4.73. The zero-order valence-corrected chi connectivity index (χ0v) is 13.0. The maximum atomic E-state index is 12.6. The highest BCUT2D eigenvalue weighted by Gasteiger charge is 2.29. The summed E-state index contributed by atoms with van der Waals surface area (Å²) in [5.41, 5.74) is 6.84. The molecule has 2 aliphatic heterocycles. The molecule has 4 nitrogen and oxygen atoms in total. The van der Waals surface area contributed by atoms with E-state index in [9.17, 15) is 4.79 Å². The predicted octanol–water partition coefficient (Wildman–Crippen LogP) is 2.62. The van der Waals surface area contributed by atoms with E-state index in [4.69, 9.17) is 17.3 Å². The van der Waals surface area contributed by atoms with Crippen LogP contribution in [0.1, 0.15) is 36.0 Å². The van der Waals surface area contributed by atoms with Crippen LogP contribution >= 0.6 is 11.6 Å². The molecule has 0 radical (unpaired) electrons. The van der Waals surface area contributed by atoms with Crippen LogP contribution in [0.3, 0.4) is 0 Å². The standard InChI is InChI=1S/C16H22ClN3O/c17-13-4-3-5-14(18)15(13)16(21)20-10-6-12(7-11-20)19-8-1-2-9-19/h3-5,12H,1-2,6-11,18H2. The molecule has 0 aromatic heterocycles. The number of nitrogen functional groups attached to an aromatic ring is 1. The van der Waals surface area contributed by atoms with Crippen molar-refractivity contribution >= 4 is 23.2 Å². The first-order valence-electron chi connectivity index (χ1n) is 7.74. The third kappa shape index (κ3) is 3.01. The highest BCUT2D eigenvalue weighted by molar-refractivity contribution is 6.34. The Morgan fingerprint density at radius 1 is 1.14 bits per heavy atom. The average molecular weight is 308 g/mol. The number of likely N-dealkylation sites (tertiary alicyclic amines) is 2. The number of amides is 1. The van der Waals surface area contributed by atoms with Gasteiger partial charge in [0.25, 0.3) is 5.91 Å². The van der Waals surface area contributed by atoms with Gasteiger partial charge in [0.1, 0.15) is 0 Å². The minimum absolute atomic E-state index is 0.0297. The number of halogens is 1. The van der Waals surface area contributed by atoms with Gasteiger partial charge in [-0.15, -0.1) is 0 Å². The van der Waals surface area contributed by atoms with Crippen molar-refractivity contribution in [1.82, 2.24) is 9.80 Å². The third-order valence-electron chi connectivity index (χ3n) is 4.67. The molecule has 3 rings (SSSR count). The minimum Gasteiger partial charge on any atom is -0.398 e. The van der Waals surface area contributed by atoms with E-state index in [1.165, 1.54) is 25.9 Å². The average Bonchev–Trinajstić information content (AvgIpc) is 3.01. The molecule has 21 heavy (non-hydrogen) atoms. The molecular formula is C16H22ClN3O. The second-order valence-electron chi connectivity index (χ2n) is 5.97. The van der Waals surface area contributed by atoms with Crippen LogP contribution in [0.2, 0.25) is 5.02 Å². The fourth-order valence-electron chi connectivity index (χ4n) is 3.47. The van der Waals surface area contributed by atoms with E-state index < -0.39 is 0 Å². The fraction of sp³-hybridized carbons (Fsp3) is 0.562. The molecule has 1 amide bonds. The highest BCUT2D eigenvalue weighted by Crippen LogP contribution is 2.26. The van der Waals surface area contributed by atoms with Gasteiger partial charge in [0.05, 0.1) is 10.6 Å². The van der Waals surface area contributed by atoms with Gasteiger partial charge in [-0.05, 0) is 50.9 Å². The molecule has 2 N–H and O–H groups in total. The van der Waals surface area contributed by atoms with Crippen LogP contribution in [-0.2, 0) is 0 Å². The van der Waals surface area contributed by atoms with Crippen LogP contribution in [0.25, 0.3) is 0 Å². The molecule has 0 saturated carbocycles. The topological polar surface area (TPSA) is 49.6 Å². The Balaban J connectivity index is 1.65. The Hall–Kier alpha value is -1.26. The number of rotatable bonds is 2. The molecule has 0 bridgehead atoms. The second-order valence-corrected chi connectivity index (χ2v) is 6.38. The number of anilines is 1. The molecule has 1 aromatic carbocycles. The molecular weight excluding hydrogens is 286 g/mol. The first kappa shape index (κ1) is 14.7. The van der Waals surface area contributed by atoms with Gasteiger partial charge in [-0.3, -0.25) is 4.79 Å². The number of benzene rings is 1. The van der Waals surface area contributed by atoms with E-state index in [1.807, 2.05) is 4.90 Å². The van der Waals surface area contributed by atoms with Crippen LogP contribution < -0.4 is 5.73 Å². The molecule has 1 aromatic rings. The van der Waals surface area contributed by atoms with Crippen molar-refractivity contribution in [2.45, 2.75) is 31.7 Å².